The highest BCUT2D eigenvalue weighted by Gasteiger charge is 2.37. The number of unbranched alkanes of at least 4 members (excludes halogenated alkanes) is 13. The summed E-state index contributed by atoms with van der Waals surface area (Å²) in [5, 5.41) is 0. The molecule has 0 saturated heterocycles. The lowest BCUT2D eigenvalue weighted by Gasteiger charge is -2.31. The van der Waals surface area contributed by atoms with Crippen LogP contribution in [0.5, 0.6) is 0 Å². The van der Waals surface area contributed by atoms with Crippen molar-refractivity contribution in [2.45, 2.75) is 149 Å². The standard InChI is InChI=1S/C28H50O8/c1-6-7-8-9-10-11-12-13-14-15-16-17-18-19-20-26(34-23(3)30)28(36-25(5)32)27(35-24(4)31)21-33-22(2)29/h26-28H,6-21H2,1-5H3/t26-,27-,28+/m1/s1. The monoisotopic (exact) mass is 514 g/mol. The maximum atomic E-state index is 11.8. The molecule has 0 spiro atoms. The van der Waals surface area contributed by atoms with Gasteiger partial charge < -0.3 is 18.9 Å². The number of carbonyl (C=O) groups excluding carboxylic acids is 4. The van der Waals surface area contributed by atoms with Crippen molar-refractivity contribution >= 4 is 23.9 Å². The van der Waals surface area contributed by atoms with Gasteiger partial charge in [0.15, 0.2) is 12.2 Å². The summed E-state index contributed by atoms with van der Waals surface area (Å²) in [6.07, 6.45) is 14.6. The molecule has 0 rings (SSSR count). The van der Waals surface area contributed by atoms with E-state index in [4.69, 9.17) is 18.9 Å². The van der Waals surface area contributed by atoms with E-state index in [-0.39, 0.29) is 6.61 Å². The number of rotatable bonds is 22. The normalized spacial score (nSPS) is 13.4. The van der Waals surface area contributed by atoms with Crippen LogP contribution in [0.25, 0.3) is 0 Å². The van der Waals surface area contributed by atoms with Crippen LogP contribution in [0.4, 0.5) is 0 Å². The van der Waals surface area contributed by atoms with E-state index in [0.29, 0.717) is 6.42 Å². The molecule has 0 heterocycles. The summed E-state index contributed by atoms with van der Waals surface area (Å²) in [6, 6.07) is 0. The Morgan fingerprint density at radius 2 is 0.889 bits per heavy atom. The molecular weight excluding hydrogens is 464 g/mol. The summed E-state index contributed by atoms with van der Waals surface area (Å²) >= 11 is 0. The van der Waals surface area contributed by atoms with E-state index >= 15 is 0 Å². The van der Waals surface area contributed by atoms with E-state index in [2.05, 4.69) is 6.92 Å². The second-order valence-corrected chi connectivity index (χ2v) is 9.56. The second kappa shape index (κ2) is 22.1. The smallest absolute Gasteiger partial charge is 0.303 e. The van der Waals surface area contributed by atoms with Crippen LogP contribution >= 0.6 is 0 Å². The molecule has 0 amide bonds. The van der Waals surface area contributed by atoms with E-state index in [1.54, 1.807) is 0 Å². The summed E-state index contributed by atoms with van der Waals surface area (Å²) in [7, 11) is 0. The number of hydrogen-bond acceptors (Lipinski definition) is 8. The molecule has 0 aromatic rings. The van der Waals surface area contributed by atoms with Crippen molar-refractivity contribution in [2.75, 3.05) is 6.61 Å². The molecule has 36 heavy (non-hydrogen) atoms. The second-order valence-electron chi connectivity index (χ2n) is 9.56. The Hall–Kier alpha value is -2.12. The lowest BCUT2D eigenvalue weighted by atomic mass is 10.00. The van der Waals surface area contributed by atoms with Crippen molar-refractivity contribution in [2.24, 2.45) is 0 Å². The van der Waals surface area contributed by atoms with E-state index in [9.17, 15) is 19.2 Å². The lowest BCUT2D eigenvalue weighted by Crippen LogP contribution is -2.47. The van der Waals surface area contributed by atoms with Gasteiger partial charge in [-0.1, -0.05) is 90.4 Å². The van der Waals surface area contributed by atoms with Crippen LogP contribution in [0, 0.1) is 0 Å². The molecule has 0 radical (unpaired) electrons. The molecule has 0 unspecified atom stereocenters. The van der Waals surface area contributed by atoms with Gasteiger partial charge in [0.25, 0.3) is 0 Å². The van der Waals surface area contributed by atoms with Crippen molar-refractivity contribution in [3.63, 3.8) is 0 Å². The third kappa shape index (κ3) is 20.1. The highest BCUT2D eigenvalue weighted by Crippen LogP contribution is 2.21. The highest BCUT2D eigenvalue weighted by molar-refractivity contribution is 5.68. The molecule has 8 nitrogen and oxygen atoms in total. The summed E-state index contributed by atoms with van der Waals surface area (Å²) < 4.78 is 21.1. The van der Waals surface area contributed by atoms with Crippen LogP contribution in [0.2, 0.25) is 0 Å². The van der Waals surface area contributed by atoms with Crippen LogP contribution in [0.1, 0.15) is 131 Å². The van der Waals surface area contributed by atoms with Crippen LogP contribution in [-0.2, 0) is 38.1 Å². The van der Waals surface area contributed by atoms with Gasteiger partial charge >= 0.3 is 23.9 Å². The number of hydrogen-bond donors (Lipinski definition) is 0. The predicted octanol–water partition coefficient (Wildman–Crippen LogP) is 6.22. The minimum atomic E-state index is -1.08. The Morgan fingerprint density at radius 1 is 0.500 bits per heavy atom. The fraction of sp³-hybridized carbons (Fsp3) is 0.857. The fourth-order valence-corrected chi connectivity index (χ4v) is 4.23. The number of esters is 4. The first-order chi connectivity index (χ1) is 17.2. The molecule has 0 fully saturated rings. The van der Waals surface area contributed by atoms with Crippen molar-refractivity contribution in [1.29, 1.82) is 0 Å². The zero-order valence-corrected chi connectivity index (χ0v) is 23.3. The topological polar surface area (TPSA) is 105 Å². The fourth-order valence-electron chi connectivity index (χ4n) is 4.23. The molecule has 0 N–H and O–H groups in total. The van der Waals surface area contributed by atoms with Gasteiger partial charge in [-0.15, -0.1) is 0 Å². The highest BCUT2D eigenvalue weighted by atomic mass is 16.6. The SMILES string of the molecule is CCCCCCCCCCCCCCCC[C@@H](OC(C)=O)[C@H](OC(C)=O)[C@@H](COC(C)=O)OC(C)=O. The van der Waals surface area contributed by atoms with E-state index in [0.717, 1.165) is 25.7 Å². The molecule has 0 bridgehead atoms. The Kier molecular flexibility index (Phi) is 20.8. The molecule has 0 aromatic carbocycles. The van der Waals surface area contributed by atoms with Gasteiger partial charge in [0.1, 0.15) is 12.7 Å². The summed E-state index contributed by atoms with van der Waals surface area (Å²) in [5.41, 5.74) is 0. The maximum Gasteiger partial charge on any atom is 0.303 e. The third-order valence-corrected chi connectivity index (χ3v) is 5.96. The average Bonchev–Trinajstić information content (AvgIpc) is 2.79. The van der Waals surface area contributed by atoms with Gasteiger partial charge in [0.05, 0.1) is 0 Å². The van der Waals surface area contributed by atoms with Crippen molar-refractivity contribution in [3.05, 3.63) is 0 Å². The molecule has 8 heteroatoms. The molecule has 0 saturated carbocycles. The maximum absolute atomic E-state index is 11.8. The number of ether oxygens (including phenoxy) is 4. The van der Waals surface area contributed by atoms with Gasteiger partial charge in [-0.25, -0.2) is 0 Å². The van der Waals surface area contributed by atoms with Gasteiger partial charge in [-0.3, -0.25) is 19.2 Å². The Morgan fingerprint density at radius 3 is 1.28 bits per heavy atom. The Labute approximate surface area is 218 Å². The first-order valence-electron chi connectivity index (χ1n) is 13.8. The van der Waals surface area contributed by atoms with E-state index in [1.807, 2.05) is 0 Å². The van der Waals surface area contributed by atoms with Crippen LogP contribution in [0.3, 0.4) is 0 Å². The molecule has 0 aliphatic rings. The lowest BCUT2D eigenvalue weighted by molar-refractivity contribution is -0.189. The van der Waals surface area contributed by atoms with Gasteiger partial charge in [-0.05, 0) is 12.8 Å². The van der Waals surface area contributed by atoms with Gasteiger partial charge in [0, 0.05) is 27.7 Å². The van der Waals surface area contributed by atoms with Gasteiger partial charge in [-0.2, -0.15) is 0 Å². The zero-order valence-electron chi connectivity index (χ0n) is 23.3. The predicted molar refractivity (Wildman–Crippen MR) is 138 cm³/mol. The molecule has 210 valence electrons. The molecule has 0 aromatic heterocycles. The third-order valence-electron chi connectivity index (χ3n) is 5.96. The Bertz CT molecular complexity index is 619. The quantitative estimate of drug-likeness (QED) is 0.0953. The minimum absolute atomic E-state index is 0.302. The van der Waals surface area contributed by atoms with E-state index < -0.39 is 42.2 Å². The molecular formula is C28H50O8. The van der Waals surface area contributed by atoms with Crippen LogP contribution in [-0.4, -0.2) is 48.8 Å². The van der Waals surface area contributed by atoms with Crippen molar-refractivity contribution < 1.29 is 38.1 Å². The van der Waals surface area contributed by atoms with Gasteiger partial charge in [0.2, 0.25) is 0 Å². The first kappa shape index (κ1) is 33.9. The van der Waals surface area contributed by atoms with Crippen LogP contribution in [0.15, 0.2) is 0 Å². The first-order valence-corrected chi connectivity index (χ1v) is 13.8. The molecule has 3 atom stereocenters. The summed E-state index contributed by atoms with van der Waals surface area (Å²) in [4.78, 5) is 46.4. The zero-order chi connectivity index (χ0) is 27.2. The number of carbonyl (C=O) groups is 4. The van der Waals surface area contributed by atoms with Crippen LogP contribution < -0.4 is 0 Å². The molecule has 0 aliphatic carbocycles. The minimum Gasteiger partial charge on any atom is -0.462 e. The largest absolute Gasteiger partial charge is 0.462 e. The van der Waals surface area contributed by atoms with Crippen molar-refractivity contribution in [3.8, 4) is 0 Å². The van der Waals surface area contributed by atoms with E-state index in [1.165, 1.54) is 91.9 Å². The Balaban J connectivity index is 4.56. The van der Waals surface area contributed by atoms with Crippen molar-refractivity contribution in [1.82, 2.24) is 0 Å². The average molecular weight is 515 g/mol. The summed E-state index contributed by atoms with van der Waals surface area (Å²) in [5.74, 6) is -2.33. The molecule has 0 aliphatic heterocycles. The summed E-state index contributed by atoms with van der Waals surface area (Å²) in [6.45, 7) is 6.87.